The Balaban J connectivity index is 1.88. The van der Waals surface area contributed by atoms with Gasteiger partial charge < -0.3 is 9.47 Å². The number of allylic oxidation sites excluding steroid dienone is 2. The van der Waals surface area contributed by atoms with Crippen LogP contribution in [0.2, 0.25) is 0 Å². The first-order valence-corrected chi connectivity index (χ1v) is 6.89. The molecule has 3 heteroatoms. The van der Waals surface area contributed by atoms with Crippen molar-refractivity contribution >= 4 is 5.97 Å². The predicted octanol–water partition coefficient (Wildman–Crippen LogP) is 3.74. The number of esters is 1. The summed E-state index contributed by atoms with van der Waals surface area (Å²) in [5.74, 6) is 1.26. The summed E-state index contributed by atoms with van der Waals surface area (Å²) in [5.41, 5.74) is 0. The lowest BCUT2D eigenvalue weighted by Gasteiger charge is -2.16. The van der Waals surface area contributed by atoms with Gasteiger partial charge in [-0.15, -0.1) is 0 Å². The highest BCUT2D eigenvalue weighted by atomic mass is 16.5. The van der Waals surface area contributed by atoms with Crippen molar-refractivity contribution < 1.29 is 14.3 Å². The molecule has 3 nitrogen and oxygen atoms in total. The van der Waals surface area contributed by atoms with E-state index in [1.54, 1.807) is 12.1 Å². The molecule has 0 aliphatic heterocycles. The molecular weight excluding hydrogens is 240 g/mol. The molecule has 19 heavy (non-hydrogen) atoms. The molecule has 0 N–H and O–H groups in total. The summed E-state index contributed by atoms with van der Waals surface area (Å²) in [6.07, 6.45) is 7.78. The maximum atomic E-state index is 11.9. The SMILES string of the molecule is CCCOc1ccc(OC(=O)C2CC=CCC2)cc1. The topological polar surface area (TPSA) is 35.5 Å². The van der Waals surface area contributed by atoms with Crippen molar-refractivity contribution in [1.29, 1.82) is 0 Å². The fourth-order valence-corrected chi connectivity index (χ4v) is 2.03. The Bertz CT molecular complexity index is 434. The van der Waals surface area contributed by atoms with E-state index in [4.69, 9.17) is 9.47 Å². The second-order valence-electron chi connectivity index (χ2n) is 4.72. The van der Waals surface area contributed by atoms with Crippen molar-refractivity contribution in [3.8, 4) is 11.5 Å². The average Bonchev–Trinajstić information content (AvgIpc) is 2.47. The van der Waals surface area contributed by atoms with Crippen LogP contribution in [0.3, 0.4) is 0 Å². The van der Waals surface area contributed by atoms with Gasteiger partial charge >= 0.3 is 5.97 Å². The molecule has 1 aromatic rings. The molecule has 0 saturated heterocycles. The average molecular weight is 260 g/mol. The summed E-state index contributed by atoms with van der Waals surface area (Å²) >= 11 is 0. The smallest absolute Gasteiger partial charge is 0.314 e. The first-order valence-electron chi connectivity index (χ1n) is 6.89. The van der Waals surface area contributed by atoms with Crippen molar-refractivity contribution in [2.24, 2.45) is 5.92 Å². The summed E-state index contributed by atoms with van der Waals surface area (Å²) in [7, 11) is 0. The van der Waals surface area contributed by atoms with Gasteiger partial charge in [0.2, 0.25) is 0 Å². The standard InChI is InChI=1S/C16H20O3/c1-2-12-18-14-8-10-15(11-9-14)19-16(17)13-6-4-3-5-7-13/h3-4,8-11,13H,2,5-7,12H2,1H3. The molecule has 0 amide bonds. The Morgan fingerprint density at radius 3 is 2.58 bits per heavy atom. The van der Waals surface area contributed by atoms with E-state index in [2.05, 4.69) is 19.1 Å². The Morgan fingerprint density at radius 2 is 1.95 bits per heavy atom. The van der Waals surface area contributed by atoms with Gasteiger partial charge in [-0.05, 0) is 49.9 Å². The first-order chi connectivity index (χ1) is 9.29. The lowest BCUT2D eigenvalue weighted by atomic mass is 9.95. The Morgan fingerprint density at radius 1 is 1.21 bits per heavy atom. The van der Waals surface area contributed by atoms with Gasteiger partial charge in [0.15, 0.2) is 0 Å². The number of hydrogen-bond acceptors (Lipinski definition) is 3. The number of carbonyl (C=O) groups is 1. The van der Waals surface area contributed by atoms with Crippen LogP contribution < -0.4 is 9.47 Å². The van der Waals surface area contributed by atoms with Crippen LogP contribution >= 0.6 is 0 Å². The zero-order valence-electron chi connectivity index (χ0n) is 11.3. The van der Waals surface area contributed by atoms with E-state index < -0.39 is 0 Å². The quantitative estimate of drug-likeness (QED) is 0.459. The Hall–Kier alpha value is -1.77. The lowest BCUT2D eigenvalue weighted by Crippen LogP contribution is -2.21. The molecule has 0 heterocycles. The zero-order chi connectivity index (χ0) is 13.5. The molecule has 0 fully saturated rings. The van der Waals surface area contributed by atoms with E-state index >= 15 is 0 Å². The maximum Gasteiger partial charge on any atom is 0.314 e. The van der Waals surface area contributed by atoms with Crippen molar-refractivity contribution in [1.82, 2.24) is 0 Å². The fraction of sp³-hybridized carbons (Fsp3) is 0.438. The van der Waals surface area contributed by atoms with Crippen LogP contribution in [0.15, 0.2) is 36.4 Å². The number of carbonyl (C=O) groups excluding carboxylic acids is 1. The summed E-state index contributed by atoms with van der Waals surface area (Å²) < 4.78 is 10.9. The van der Waals surface area contributed by atoms with Crippen LogP contribution in [0, 0.1) is 5.92 Å². The van der Waals surface area contributed by atoms with Crippen LogP contribution in [-0.2, 0) is 4.79 Å². The minimum atomic E-state index is -0.133. The third-order valence-corrected chi connectivity index (χ3v) is 3.12. The molecule has 0 saturated carbocycles. The highest BCUT2D eigenvalue weighted by molar-refractivity contribution is 5.75. The monoisotopic (exact) mass is 260 g/mol. The highest BCUT2D eigenvalue weighted by Gasteiger charge is 2.20. The summed E-state index contributed by atoms with van der Waals surface area (Å²) in [5, 5.41) is 0. The summed E-state index contributed by atoms with van der Waals surface area (Å²) in [4.78, 5) is 11.9. The molecule has 0 spiro atoms. The Labute approximate surface area is 114 Å². The normalized spacial score (nSPS) is 18.1. The van der Waals surface area contributed by atoms with Gasteiger partial charge in [-0.1, -0.05) is 19.1 Å². The second kappa shape index (κ2) is 6.98. The first kappa shape index (κ1) is 13.7. The molecule has 0 bridgehead atoms. The van der Waals surface area contributed by atoms with E-state index in [0.717, 1.165) is 31.4 Å². The van der Waals surface area contributed by atoms with Gasteiger partial charge in [-0.3, -0.25) is 4.79 Å². The van der Waals surface area contributed by atoms with Gasteiger partial charge in [-0.25, -0.2) is 0 Å². The molecule has 0 radical (unpaired) electrons. The predicted molar refractivity (Wildman–Crippen MR) is 74.3 cm³/mol. The second-order valence-corrected chi connectivity index (χ2v) is 4.72. The van der Waals surface area contributed by atoms with Gasteiger partial charge in [0.1, 0.15) is 11.5 Å². The van der Waals surface area contributed by atoms with Gasteiger partial charge in [0.25, 0.3) is 0 Å². The summed E-state index contributed by atoms with van der Waals surface area (Å²) in [6, 6.07) is 7.22. The van der Waals surface area contributed by atoms with Crippen LogP contribution in [0.4, 0.5) is 0 Å². The van der Waals surface area contributed by atoms with Crippen LogP contribution in [0.1, 0.15) is 32.6 Å². The third-order valence-electron chi connectivity index (χ3n) is 3.12. The van der Waals surface area contributed by atoms with E-state index in [1.807, 2.05) is 12.1 Å². The molecular formula is C16H20O3. The highest BCUT2D eigenvalue weighted by Crippen LogP contribution is 2.23. The molecule has 1 aromatic carbocycles. The van der Waals surface area contributed by atoms with E-state index in [-0.39, 0.29) is 11.9 Å². The largest absolute Gasteiger partial charge is 0.494 e. The third kappa shape index (κ3) is 4.12. The molecule has 2 rings (SSSR count). The van der Waals surface area contributed by atoms with Gasteiger partial charge in [-0.2, -0.15) is 0 Å². The van der Waals surface area contributed by atoms with Crippen LogP contribution in [0.5, 0.6) is 11.5 Å². The maximum absolute atomic E-state index is 11.9. The molecule has 1 aliphatic rings. The van der Waals surface area contributed by atoms with E-state index in [0.29, 0.717) is 12.4 Å². The number of hydrogen-bond donors (Lipinski definition) is 0. The fourth-order valence-electron chi connectivity index (χ4n) is 2.03. The Kier molecular flexibility index (Phi) is 5.01. The van der Waals surface area contributed by atoms with Crippen molar-refractivity contribution in [3.63, 3.8) is 0 Å². The molecule has 1 atom stereocenters. The van der Waals surface area contributed by atoms with E-state index in [1.165, 1.54) is 0 Å². The molecule has 0 aromatic heterocycles. The minimum absolute atomic E-state index is 0.000943. The zero-order valence-corrected chi connectivity index (χ0v) is 11.3. The number of rotatable bonds is 5. The van der Waals surface area contributed by atoms with Crippen LogP contribution in [0.25, 0.3) is 0 Å². The van der Waals surface area contributed by atoms with E-state index in [9.17, 15) is 4.79 Å². The van der Waals surface area contributed by atoms with Crippen molar-refractivity contribution in [2.75, 3.05) is 6.61 Å². The molecule has 102 valence electrons. The van der Waals surface area contributed by atoms with Crippen LogP contribution in [-0.4, -0.2) is 12.6 Å². The summed E-state index contributed by atoms with van der Waals surface area (Å²) in [6.45, 7) is 2.77. The number of benzene rings is 1. The van der Waals surface area contributed by atoms with Gasteiger partial charge in [0.05, 0.1) is 12.5 Å². The number of ether oxygens (including phenoxy) is 2. The molecule has 1 unspecified atom stereocenters. The van der Waals surface area contributed by atoms with Crippen molar-refractivity contribution in [3.05, 3.63) is 36.4 Å². The van der Waals surface area contributed by atoms with Gasteiger partial charge in [0, 0.05) is 0 Å². The minimum Gasteiger partial charge on any atom is -0.494 e. The van der Waals surface area contributed by atoms with Crippen molar-refractivity contribution in [2.45, 2.75) is 32.6 Å². The lowest BCUT2D eigenvalue weighted by molar-refractivity contribution is -0.139. The molecule has 1 aliphatic carbocycles.